The topological polar surface area (TPSA) is 73.5 Å². The molecule has 0 bridgehead atoms. The van der Waals surface area contributed by atoms with E-state index >= 15 is 0 Å². The van der Waals surface area contributed by atoms with Crippen LogP contribution in [-0.4, -0.2) is 62.0 Å². The van der Waals surface area contributed by atoms with Crippen LogP contribution in [0.25, 0.3) is 0 Å². The third-order valence-electron chi connectivity index (χ3n) is 4.59. The largest absolute Gasteiger partial charge is 0.353 e. The van der Waals surface area contributed by atoms with Crippen molar-refractivity contribution in [2.24, 2.45) is 0 Å². The van der Waals surface area contributed by atoms with Crippen molar-refractivity contribution >= 4 is 23.2 Å². The normalized spacial score (nSPS) is 15.9. The highest BCUT2D eigenvalue weighted by molar-refractivity contribution is 7.12. The van der Waals surface area contributed by atoms with Crippen LogP contribution in [0.15, 0.2) is 47.8 Å². The van der Waals surface area contributed by atoms with Gasteiger partial charge >= 0.3 is 0 Å². The van der Waals surface area contributed by atoms with Gasteiger partial charge in [0.1, 0.15) is 6.04 Å². The van der Waals surface area contributed by atoms with Gasteiger partial charge in [-0.1, -0.05) is 36.4 Å². The maximum Gasteiger partial charge on any atom is 0.262 e. The number of amides is 2. The molecule has 7 heteroatoms. The van der Waals surface area contributed by atoms with Gasteiger partial charge in [-0.15, -0.1) is 11.3 Å². The fourth-order valence-electron chi connectivity index (χ4n) is 3.09. The summed E-state index contributed by atoms with van der Waals surface area (Å²) >= 11 is 1.37. The van der Waals surface area contributed by atoms with E-state index in [9.17, 15) is 9.59 Å². The molecule has 27 heavy (non-hydrogen) atoms. The molecule has 144 valence electrons. The Kier molecular flexibility index (Phi) is 7.38. The van der Waals surface area contributed by atoms with Crippen molar-refractivity contribution in [1.82, 2.24) is 20.9 Å². The van der Waals surface area contributed by atoms with E-state index in [-0.39, 0.29) is 11.8 Å². The maximum absolute atomic E-state index is 12.7. The van der Waals surface area contributed by atoms with Crippen LogP contribution in [-0.2, 0) is 11.2 Å². The number of rotatable bonds is 8. The van der Waals surface area contributed by atoms with Crippen LogP contribution in [0, 0.1) is 0 Å². The second-order valence-corrected chi connectivity index (χ2v) is 7.52. The summed E-state index contributed by atoms with van der Waals surface area (Å²) in [4.78, 5) is 28.1. The first kappa shape index (κ1) is 19.5. The molecule has 0 saturated carbocycles. The van der Waals surface area contributed by atoms with Gasteiger partial charge in [-0.3, -0.25) is 14.5 Å². The summed E-state index contributed by atoms with van der Waals surface area (Å²) in [6.07, 6.45) is 0.470. The number of hydrogen-bond acceptors (Lipinski definition) is 5. The van der Waals surface area contributed by atoms with Crippen molar-refractivity contribution in [1.29, 1.82) is 0 Å². The molecule has 2 heterocycles. The number of benzene rings is 1. The van der Waals surface area contributed by atoms with Crippen molar-refractivity contribution < 1.29 is 9.59 Å². The average Bonchev–Trinajstić information content (AvgIpc) is 3.24. The smallest absolute Gasteiger partial charge is 0.262 e. The Labute approximate surface area is 164 Å². The lowest BCUT2D eigenvalue weighted by atomic mass is 10.1. The number of piperazine rings is 1. The molecule has 0 radical (unpaired) electrons. The van der Waals surface area contributed by atoms with Crippen LogP contribution >= 0.6 is 11.3 Å². The second-order valence-electron chi connectivity index (χ2n) is 6.58. The molecule has 1 saturated heterocycles. The third-order valence-corrected chi connectivity index (χ3v) is 5.45. The van der Waals surface area contributed by atoms with Crippen LogP contribution in [0.4, 0.5) is 0 Å². The van der Waals surface area contributed by atoms with Crippen molar-refractivity contribution in [3.05, 3.63) is 58.3 Å². The van der Waals surface area contributed by atoms with Gasteiger partial charge in [0.25, 0.3) is 5.91 Å². The van der Waals surface area contributed by atoms with Crippen LogP contribution in [0.3, 0.4) is 0 Å². The first-order valence-corrected chi connectivity index (χ1v) is 10.2. The molecular weight excluding hydrogens is 360 g/mol. The minimum absolute atomic E-state index is 0.140. The molecular formula is C20H26N4O2S. The van der Waals surface area contributed by atoms with Gasteiger partial charge in [0.05, 0.1) is 4.88 Å². The summed E-state index contributed by atoms with van der Waals surface area (Å²) in [5, 5.41) is 11.1. The summed E-state index contributed by atoms with van der Waals surface area (Å²) in [6.45, 7) is 5.38. The van der Waals surface area contributed by atoms with Crippen molar-refractivity contribution in [2.45, 2.75) is 12.5 Å². The zero-order chi connectivity index (χ0) is 18.9. The van der Waals surface area contributed by atoms with Gasteiger partial charge in [-0.05, 0) is 17.0 Å². The summed E-state index contributed by atoms with van der Waals surface area (Å²) in [5.41, 5.74) is 1.02. The minimum atomic E-state index is -0.593. The van der Waals surface area contributed by atoms with E-state index in [4.69, 9.17) is 0 Å². The molecule has 1 fully saturated rings. The molecule has 3 rings (SSSR count). The van der Waals surface area contributed by atoms with Crippen LogP contribution < -0.4 is 16.0 Å². The standard InChI is InChI=1S/C20H26N4O2S/c25-19(22-10-13-24-11-8-21-9-12-24)17(15-16-5-2-1-3-6-16)23-20(26)18-7-4-14-27-18/h1-7,14,17,21H,8-13,15H2,(H,22,25)(H,23,26). The zero-order valence-corrected chi connectivity index (χ0v) is 16.1. The van der Waals surface area contributed by atoms with Gasteiger partial charge in [0.2, 0.25) is 5.91 Å². The lowest BCUT2D eigenvalue weighted by Gasteiger charge is -2.27. The van der Waals surface area contributed by atoms with Gasteiger partial charge in [-0.2, -0.15) is 0 Å². The Balaban J connectivity index is 1.57. The van der Waals surface area contributed by atoms with Gasteiger partial charge in [0, 0.05) is 45.7 Å². The molecule has 1 unspecified atom stereocenters. The summed E-state index contributed by atoms with van der Waals surface area (Å²) in [7, 11) is 0. The van der Waals surface area contributed by atoms with Gasteiger partial charge < -0.3 is 16.0 Å². The number of nitrogens with zero attached hydrogens (tertiary/aromatic N) is 1. The predicted molar refractivity (Wildman–Crippen MR) is 108 cm³/mol. The second kappa shape index (κ2) is 10.2. The maximum atomic E-state index is 12.7. The number of carbonyl (C=O) groups is 2. The molecule has 6 nitrogen and oxygen atoms in total. The lowest BCUT2D eigenvalue weighted by Crippen LogP contribution is -2.50. The van der Waals surface area contributed by atoms with Gasteiger partial charge in [0.15, 0.2) is 0 Å². The Bertz CT molecular complexity index is 715. The van der Waals surface area contributed by atoms with Gasteiger partial charge in [-0.25, -0.2) is 0 Å². The fraction of sp³-hybridized carbons (Fsp3) is 0.400. The molecule has 3 N–H and O–H groups in total. The molecule has 1 aromatic carbocycles. The monoisotopic (exact) mass is 386 g/mol. The zero-order valence-electron chi connectivity index (χ0n) is 15.3. The molecule has 0 spiro atoms. The highest BCUT2D eigenvalue weighted by Gasteiger charge is 2.22. The van der Waals surface area contributed by atoms with E-state index in [0.717, 1.165) is 38.3 Å². The fourth-order valence-corrected chi connectivity index (χ4v) is 3.72. The molecule has 0 aliphatic carbocycles. The minimum Gasteiger partial charge on any atom is -0.353 e. The number of hydrogen-bond donors (Lipinski definition) is 3. The first-order valence-electron chi connectivity index (χ1n) is 9.31. The third kappa shape index (κ3) is 6.16. The molecule has 1 atom stereocenters. The van der Waals surface area contributed by atoms with E-state index in [1.54, 1.807) is 6.07 Å². The van der Waals surface area contributed by atoms with Crippen LogP contribution in [0.1, 0.15) is 15.2 Å². The Morgan fingerprint density at radius 1 is 1.11 bits per heavy atom. The Morgan fingerprint density at radius 2 is 1.89 bits per heavy atom. The van der Waals surface area contributed by atoms with E-state index < -0.39 is 6.04 Å². The lowest BCUT2D eigenvalue weighted by molar-refractivity contribution is -0.123. The summed E-state index contributed by atoms with van der Waals surface area (Å²) in [6, 6.07) is 12.8. The molecule has 1 aromatic heterocycles. The highest BCUT2D eigenvalue weighted by Crippen LogP contribution is 2.10. The number of nitrogens with one attached hydrogen (secondary N) is 3. The Morgan fingerprint density at radius 3 is 2.59 bits per heavy atom. The number of carbonyl (C=O) groups excluding carboxylic acids is 2. The van der Waals surface area contributed by atoms with E-state index in [0.29, 0.717) is 17.8 Å². The number of thiophene rings is 1. The summed E-state index contributed by atoms with van der Waals surface area (Å²) in [5.74, 6) is -0.345. The predicted octanol–water partition coefficient (Wildman–Crippen LogP) is 1.11. The SMILES string of the molecule is O=C(NC(Cc1ccccc1)C(=O)NCCN1CCNCC1)c1cccs1. The van der Waals surface area contributed by atoms with Crippen LogP contribution in [0.5, 0.6) is 0 Å². The highest BCUT2D eigenvalue weighted by atomic mass is 32.1. The molecule has 1 aliphatic heterocycles. The van der Waals surface area contributed by atoms with E-state index in [2.05, 4.69) is 20.9 Å². The quantitative estimate of drug-likeness (QED) is 0.636. The summed E-state index contributed by atoms with van der Waals surface area (Å²) < 4.78 is 0. The van der Waals surface area contributed by atoms with Crippen LogP contribution in [0.2, 0.25) is 0 Å². The Hall–Kier alpha value is -2.22. The molecule has 2 aromatic rings. The van der Waals surface area contributed by atoms with E-state index in [1.165, 1.54) is 11.3 Å². The first-order chi connectivity index (χ1) is 13.2. The van der Waals surface area contributed by atoms with E-state index in [1.807, 2.05) is 41.8 Å². The average molecular weight is 387 g/mol. The van der Waals surface area contributed by atoms with Crippen molar-refractivity contribution in [3.8, 4) is 0 Å². The molecule has 2 amide bonds. The molecule has 1 aliphatic rings. The van der Waals surface area contributed by atoms with Crippen molar-refractivity contribution in [3.63, 3.8) is 0 Å². The van der Waals surface area contributed by atoms with Crippen molar-refractivity contribution in [2.75, 3.05) is 39.3 Å².